The fourth-order valence-corrected chi connectivity index (χ4v) is 3.66. The molecular weight excluding hydrogens is 473 g/mol. The Labute approximate surface area is 140 Å². The summed E-state index contributed by atoms with van der Waals surface area (Å²) in [6.45, 7) is 0. The highest BCUT2D eigenvalue weighted by Gasteiger charge is 2.39. The Hall–Kier alpha value is -0.300. The van der Waals surface area contributed by atoms with Crippen LogP contribution in [0.5, 0.6) is 0 Å². The predicted molar refractivity (Wildman–Crippen MR) is 78.1 cm³/mol. The van der Waals surface area contributed by atoms with Crippen LogP contribution in [-0.4, -0.2) is 23.7 Å². The highest BCUT2D eigenvalue weighted by atomic mass is 127. The van der Waals surface area contributed by atoms with Crippen LogP contribution in [0, 0.1) is 3.57 Å². The van der Waals surface area contributed by atoms with Crippen molar-refractivity contribution >= 4 is 67.5 Å². The number of carbonyl (C=O) groups excluding carboxylic acids is 1. The zero-order chi connectivity index (χ0) is 16.6. The molecule has 1 aromatic carbocycles. The van der Waals surface area contributed by atoms with E-state index in [9.17, 15) is 26.4 Å². The van der Waals surface area contributed by atoms with Crippen molar-refractivity contribution in [3.05, 3.63) is 21.3 Å². The molecule has 0 aliphatic carbocycles. The van der Waals surface area contributed by atoms with Gasteiger partial charge in [0.1, 0.15) is 4.90 Å². The quantitative estimate of drug-likeness (QED) is 0.397. The molecule has 0 spiro atoms. The van der Waals surface area contributed by atoms with Crippen molar-refractivity contribution in [3.63, 3.8) is 0 Å². The second-order valence-electron chi connectivity index (χ2n) is 3.57. The molecule has 0 fully saturated rings. The molecule has 0 saturated heterocycles. The molecule has 1 rings (SSSR count). The van der Waals surface area contributed by atoms with Gasteiger partial charge in [0.25, 0.3) is 16.0 Å². The molecule has 0 saturated carbocycles. The normalized spacial score (nSPS) is 12.6. The maximum atomic E-state index is 12.8. The molecule has 0 unspecified atom stereocenters. The van der Waals surface area contributed by atoms with Crippen LogP contribution in [-0.2, 0) is 21.1 Å². The van der Waals surface area contributed by atoms with Crippen LogP contribution >= 0.6 is 45.8 Å². The Morgan fingerprint density at radius 1 is 1.33 bits per heavy atom. The van der Waals surface area contributed by atoms with E-state index in [1.807, 2.05) is 5.32 Å². The molecule has 118 valence electrons. The van der Waals surface area contributed by atoms with Crippen LogP contribution in [0.4, 0.5) is 18.9 Å². The minimum absolute atomic E-state index is 0.285. The number of rotatable bonds is 3. The number of halogens is 6. The third kappa shape index (κ3) is 4.58. The average molecular weight is 478 g/mol. The van der Waals surface area contributed by atoms with E-state index in [1.165, 1.54) is 22.6 Å². The van der Waals surface area contributed by atoms with E-state index in [2.05, 4.69) is 0 Å². The fourth-order valence-electron chi connectivity index (χ4n) is 1.32. The molecule has 0 heterocycles. The van der Waals surface area contributed by atoms with Gasteiger partial charge in [0.15, 0.2) is 4.84 Å². The number of benzene rings is 1. The Kier molecular flexibility index (Phi) is 5.75. The summed E-state index contributed by atoms with van der Waals surface area (Å²) in [7, 11) is -5.17. The van der Waals surface area contributed by atoms with Crippen LogP contribution in [0.15, 0.2) is 17.0 Å². The highest BCUT2D eigenvalue weighted by molar-refractivity contribution is 14.1. The van der Waals surface area contributed by atoms with E-state index >= 15 is 0 Å². The van der Waals surface area contributed by atoms with Gasteiger partial charge in [0, 0.05) is 0 Å². The zero-order valence-corrected chi connectivity index (χ0v) is 14.1. The third-order valence-electron chi connectivity index (χ3n) is 2.12. The summed E-state index contributed by atoms with van der Waals surface area (Å²) in [4.78, 5) is 8.44. The van der Waals surface area contributed by atoms with Crippen molar-refractivity contribution in [1.29, 1.82) is 0 Å². The molecule has 0 bridgehead atoms. The van der Waals surface area contributed by atoms with Crippen molar-refractivity contribution in [2.45, 2.75) is 15.9 Å². The van der Waals surface area contributed by atoms with Crippen LogP contribution in [0.2, 0.25) is 0 Å². The average Bonchev–Trinajstić information content (AvgIpc) is 2.27. The lowest BCUT2D eigenvalue weighted by molar-refractivity contribution is -0.140. The highest BCUT2D eigenvalue weighted by Crippen LogP contribution is 2.39. The first-order valence-electron chi connectivity index (χ1n) is 4.82. The van der Waals surface area contributed by atoms with E-state index in [4.69, 9.17) is 27.8 Å². The van der Waals surface area contributed by atoms with Crippen molar-refractivity contribution in [2.24, 2.45) is 0 Å². The summed E-state index contributed by atoms with van der Waals surface area (Å²) in [5.74, 6) is -0.961. The van der Waals surface area contributed by atoms with Gasteiger partial charge in [-0.2, -0.15) is 21.6 Å². The second-order valence-corrected chi connectivity index (χ2v) is 7.10. The van der Waals surface area contributed by atoms with Gasteiger partial charge in [-0.1, -0.05) is 23.2 Å². The summed E-state index contributed by atoms with van der Waals surface area (Å²) in [5.41, 5.74) is -1.84. The number of hydrogen-bond donors (Lipinski definition) is 2. The molecule has 5 nitrogen and oxygen atoms in total. The lowest BCUT2D eigenvalue weighted by Gasteiger charge is -2.16. The molecule has 0 radical (unpaired) electrons. The summed E-state index contributed by atoms with van der Waals surface area (Å²) in [6, 6.07) is 1.24. The van der Waals surface area contributed by atoms with Gasteiger partial charge in [0.2, 0.25) is 0 Å². The first kappa shape index (κ1) is 18.7. The topological polar surface area (TPSA) is 83.5 Å². The first-order valence-corrected chi connectivity index (χ1v) is 8.21. The van der Waals surface area contributed by atoms with Gasteiger partial charge in [0.05, 0.1) is 14.8 Å². The second kappa shape index (κ2) is 6.44. The van der Waals surface area contributed by atoms with Gasteiger partial charge in [-0.25, -0.2) is 0 Å². The first-order chi connectivity index (χ1) is 9.35. The minimum atomic E-state index is -5.17. The molecule has 0 aromatic heterocycles. The molecule has 0 aliphatic rings. The lowest BCUT2D eigenvalue weighted by Crippen LogP contribution is -2.21. The monoisotopic (exact) mass is 477 g/mol. The largest absolute Gasteiger partial charge is 0.417 e. The van der Waals surface area contributed by atoms with Crippen LogP contribution in [0.1, 0.15) is 5.56 Å². The van der Waals surface area contributed by atoms with Crippen molar-refractivity contribution < 1.29 is 30.9 Å². The Bertz CT molecular complexity index is 678. The van der Waals surface area contributed by atoms with E-state index in [1.54, 1.807) is 0 Å². The van der Waals surface area contributed by atoms with Gasteiger partial charge in [-0.3, -0.25) is 9.35 Å². The van der Waals surface area contributed by atoms with E-state index in [0.29, 0.717) is 6.07 Å². The molecule has 0 atom stereocenters. The molecule has 0 aliphatic heterocycles. The Morgan fingerprint density at radius 3 is 2.24 bits per heavy atom. The minimum Gasteiger partial charge on any atom is -0.323 e. The number of nitrogens with one attached hydrogen (secondary N) is 1. The van der Waals surface area contributed by atoms with E-state index in [0.717, 1.165) is 6.07 Å². The Balaban J connectivity index is 3.53. The predicted octanol–water partition coefficient (Wildman–Crippen LogP) is 3.30. The number of hydrogen-bond acceptors (Lipinski definition) is 3. The Morgan fingerprint density at radius 2 is 1.86 bits per heavy atom. The van der Waals surface area contributed by atoms with Crippen molar-refractivity contribution in [1.82, 2.24) is 0 Å². The summed E-state index contributed by atoms with van der Waals surface area (Å²) < 4.78 is 69.1. The van der Waals surface area contributed by atoms with Crippen molar-refractivity contribution in [3.8, 4) is 0 Å². The summed E-state index contributed by atoms with van der Waals surface area (Å²) >= 11 is 11.8. The zero-order valence-electron chi connectivity index (χ0n) is 9.58. The molecule has 1 amide bonds. The third-order valence-corrected chi connectivity index (χ3v) is 4.94. The molecule has 2 N–H and O–H groups in total. The van der Waals surface area contributed by atoms with E-state index < -0.39 is 41.1 Å². The molecule has 1 aromatic rings. The molecule has 21 heavy (non-hydrogen) atoms. The van der Waals surface area contributed by atoms with Crippen LogP contribution in [0.25, 0.3) is 0 Å². The maximum Gasteiger partial charge on any atom is 0.417 e. The smallest absolute Gasteiger partial charge is 0.323 e. The van der Waals surface area contributed by atoms with Gasteiger partial charge >= 0.3 is 6.18 Å². The van der Waals surface area contributed by atoms with Gasteiger partial charge in [-0.15, -0.1) is 0 Å². The van der Waals surface area contributed by atoms with Crippen LogP contribution in [0.3, 0.4) is 0 Å². The lowest BCUT2D eigenvalue weighted by atomic mass is 10.2. The maximum absolute atomic E-state index is 12.8. The van der Waals surface area contributed by atoms with Gasteiger partial charge in [-0.05, 0) is 34.7 Å². The van der Waals surface area contributed by atoms with Crippen molar-refractivity contribution in [2.75, 3.05) is 5.32 Å². The number of anilines is 1. The fraction of sp³-hybridized carbons (Fsp3) is 0.222. The number of carbonyl (C=O) groups is 1. The molecular formula is C9H5Cl2F3INO4S. The summed E-state index contributed by atoms with van der Waals surface area (Å²) in [5, 5.41) is 2.05. The SMILES string of the molecule is O=C(Nc1ccc(C(F)(F)F)c(S(=O)(=O)O)c1I)C(Cl)Cl. The van der Waals surface area contributed by atoms with Gasteiger partial charge < -0.3 is 5.32 Å². The standard InChI is InChI=1S/C9H5Cl2F3INO4S/c10-7(11)8(17)16-4-2-1-3(9(12,13)14)6(5(4)15)21(18,19)20/h1-2,7H,(H,16,17)(H,18,19,20). The number of alkyl halides is 5. The van der Waals surface area contributed by atoms with E-state index in [-0.39, 0.29) is 5.69 Å². The number of amides is 1. The summed E-state index contributed by atoms with van der Waals surface area (Å²) in [6.07, 6.45) is -5.00. The van der Waals surface area contributed by atoms with Crippen LogP contribution < -0.4 is 5.32 Å². The molecule has 12 heteroatoms.